The van der Waals surface area contributed by atoms with Crippen LogP contribution in [-0.4, -0.2) is 45.7 Å². The number of carboxylic acid groups (broad SMARTS) is 1. The molecule has 1 amide bonds. The van der Waals surface area contributed by atoms with Gasteiger partial charge in [0, 0.05) is 36.8 Å². The lowest BCUT2D eigenvalue weighted by molar-refractivity contribution is -0.385. The van der Waals surface area contributed by atoms with Gasteiger partial charge in [-0.25, -0.2) is 9.59 Å². The zero-order valence-electron chi connectivity index (χ0n) is 19.0. The molecule has 0 unspecified atom stereocenters. The molecular weight excluding hydrogens is 426 g/mol. The van der Waals surface area contributed by atoms with Crippen LogP contribution in [0.4, 0.5) is 16.2 Å². The summed E-state index contributed by atoms with van der Waals surface area (Å²) in [6.07, 6.45) is 1.57. The van der Waals surface area contributed by atoms with Gasteiger partial charge in [-0.2, -0.15) is 0 Å². The van der Waals surface area contributed by atoms with E-state index < -0.39 is 22.2 Å². The molecule has 1 aliphatic rings. The first-order valence-electron chi connectivity index (χ1n) is 10.9. The number of benzene rings is 2. The minimum Gasteiger partial charge on any atom is -0.477 e. The molecule has 0 spiro atoms. The zero-order chi connectivity index (χ0) is 24.2. The fourth-order valence-electron chi connectivity index (χ4n) is 3.93. The summed E-state index contributed by atoms with van der Waals surface area (Å²) in [5.41, 5.74) is 0.890. The molecule has 0 aliphatic carbocycles. The van der Waals surface area contributed by atoms with Crippen molar-refractivity contribution in [2.24, 2.45) is 0 Å². The number of nitrogens with one attached hydrogen (secondary N) is 1. The quantitative estimate of drug-likeness (QED) is 0.463. The molecule has 33 heavy (non-hydrogen) atoms. The lowest BCUT2D eigenvalue weighted by Gasteiger charge is -2.34. The third-order valence-electron chi connectivity index (χ3n) is 5.47. The Morgan fingerprint density at radius 1 is 1.21 bits per heavy atom. The molecule has 0 bridgehead atoms. The van der Waals surface area contributed by atoms with Crippen LogP contribution in [0.1, 0.15) is 61.0 Å². The smallest absolute Gasteiger partial charge is 0.410 e. The highest BCUT2D eigenvalue weighted by molar-refractivity contribution is 5.93. The van der Waals surface area contributed by atoms with E-state index in [1.165, 1.54) is 12.1 Å². The third kappa shape index (κ3) is 6.21. The zero-order valence-corrected chi connectivity index (χ0v) is 19.0. The van der Waals surface area contributed by atoms with E-state index in [1.54, 1.807) is 11.0 Å². The highest BCUT2D eigenvalue weighted by Gasteiger charge is 2.28. The Bertz CT molecular complexity index is 1030. The second kappa shape index (κ2) is 9.89. The summed E-state index contributed by atoms with van der Waals surface area (Å²) in [5.74, 6) is -1.13. The Labute approximate surface area is 192 Å². The number of likely N-dealkylation sites (tertiary alicyclic amines) is 1. The number of hydrogen-bond donors (Lipinski definition) is 2. The molecular formula is C24H29N3O6. The molecule has 0 saturated carbocycles. The summed E-state index contributed by atoms with van der Waals surface area (Å²) in [6, 6.07) is 12.0. The minimum atomic E-state index is -1.33. The molecule has 1 aliphatic heterocycles. The molecule has 1 saturated heterocycles. The first-order chi connectivity index (χ1) is 15.5. The molecule has 2 aromatic carbocycles. The number of nitrogens with zero attached hydrogens (tertiary/aromatic N) is 2. The molecule has 0 radical (unpaired) electrons. The number of para-hydroxylation sites is 1. The van der Waals surface area contributed by atoms with E-state index in [2.05, 4.69) is 5.32 Å². The van der Waals surface area contributed by atoms with Gasteiger partial charge in [0.05, 0.1) is 4.92 Å². The van der Waals surface area contributed by atoms with Gasteiger partial charge in [-0.05, 0) is 57.4 Å². The number of hydrogen-bond acceptors (Lipinski definition) is 6. The third-order valence-corrected chi connectivity index (χ3v) is 5.47. The number of piperidine rings is 1. The molecule has 1 atom stereocenters. The van der Waals surface area contributed by atoms with Gasteiger partial charge in [0.2, 0.25) is 0 Å². The van der Waals surface area contributed by atoms with Crippen molar-refractivity contribution in [1.29, 1.82) is 0 Å². The topological polar surface area (TPSA) is 122 Å². The monoisotopic (exact) mass is 455 g/mol. The lowest BCUT2D eigenvalue weighted by atomic mass is 9.90. The van der Waals surface area contributed by atoms with E-state index >= 15 is 0 Å². The van der Waals surface area contributed by atoms with Crippen molar-refractivity contribution in [3.8, 4) is 0 Å². The van der Waals surface area contributed by atoms with Crippen LogP contribution in [-0.2, 0) is 11.3 Å². The first-order valence-corrected chi connectivity index (χ1v) is 10.9. The Hall–Kier alpha value is -3.62. The highest BCUT2D eigenvalue weighted by Crippen LogP contribution is 2.29. The number of nitro benzene ring substituents is 1. The number of amides is 1. The second-order valence-electron chi connectivity index (χ2n) is 9.12. The van der Waals surface area contributed by atoms with E-state index in [-0.39, 0.29) is 24.1 Å². The van der Waals surface area contributed by atoms with Gasteiger partial charge in [0.1, 0.15) is 11.2 Å². The van der Waals surface area contributed by atoms with Crippen molar-refractivity contribution in [2.45, 2.75) is 51.7 Å². The Morgan fingerprint density at radius 3 is 2.52 bits per heavy atom. The van der Waals surface area contributed by atoms with Crippen molar-refractivity contribution >= 4 is 23.4 Å². The standard InChI is InChI=1S/C24H29N3O6/c1-24(2,3)33-23(30)26-13-5-7-18(15-26)16-9-11-19(12-10-16)25-14-17-6-4-8-20(22(28)29)21(17)27(31)32/h4,6,8-12,18,25H,5,7,13-15H2,1-3H3,(H,28,29)/t18-/m1/s1. The SMILES string of the molecule is CC(C)(C)OC(=O)N1CCC[C@@H](c2ccc(NCc3cccc(C(=O)O)c3[N+](=O)[O-])cc2)C1. The number of rotatable bonds is 6. The summed E-state index contributed by atoms with van der Waals surface area (Å²) < 4.78 is 5.50. The Morgan fingerprint density at radius 2 is 1.91 bits per heavy atom. The fourth-order valence-corrected chi connectivity index (χ4v) is 3.93. The van der Waals surface area contributed by atoms with Crippen LogP contribution in [0, 0.1) is 10.1 Å². The average molecular weight is 456 g/mol. The van der Waals surface area contributed by atoms with Crippen molar-refractivity contribution in [3.05, 3.63) is 69.3 Å². The van der Waals surface area contributed by atoms with E-state index in [4.69, 9.17) is 4.74 Å². The lowest BCUT2D eigenvalue weighted by Crippen LogP contribution is -2.42. The van der Waals surface area contributed by atoms with Gasteiger partial charge in [-0.3, -0.25) is 10.1 Å². The molecule has 3 rings (SSSR count). The Balaban J connectivity index is 1.66. The molecule has 9 heteroatoms. The van der Waals surface area contributed by atoms with E-state index in [1.807, 2.05) is 45.0 Å². The summed E-state index contributed by atoms with van der Waals surface area (Å²) in [4.78, 5) is 36.2. The number of anilines is 1. The summed E-state index contributed by atoms with van der Waals surface area (Å²) in [6.45, 7) is 6.95. The van der Waals surface area contributed by atoms with Crippen LogP contribution in [0.3, 0.4) is 0 Å². The van der Waals surface area contributed by atoms with Crippen LogP contribution in [0.2, 0.25) is 0 Å². The largest absolute Gasteiger partial charge is 0.477 e. The van der Waals surface area contributed by atoms with Gasteiger partial charge in [-0.1, -0.05) is 24.3 Å². The predicted molar refractivity (Wildman–Crippen MR) is 124 cm³/mol. The van der Waals surface area contributed by atoms with E-state index in [0.29, 0.717) is 18.7 Å². The van der Waals surface area contributed by atoms with Gasteiger partial charge in [0.15, 0.2) is 0 Å². The number of carboxylic acids is 1. The summed E-state index contributed by atoms with van der Waals surface area (Å²) in [5, 5.41) is 23.8. The van der Waals surface area contributed by atoms with Crippen LogP contribution in [0.5, 0.6) is 0 Å². The van der Waals surface area contributed by atoms with E-state index in [9.17, 15) is 24.8 Å². The van der Waals surface area contributed by atoms with Gasteiger partial charge in [-0.15, -0.1) is 0 Å². The number of ether oxygens (including phenoxy) is 1. The first kappa shape index (κ1) is 24.0. The molecule has 9 nitrogen and oxygen atoms in total. The molecule has 176 valence electrons. The Kier molecular flexibility index (Phi) is 7.20. The van der Waals surface area contributed by atoms with Crippen LogP contribution in [0.15, 0.2) is 42.5 Å². The number of carbonyl (C=O) groups excluding carboxylic acids is 1. The van der Waals surface area contributed by atoms with Gasteiger partial charge >= 0.3 is 12.1 Å². The van der Waals surface area contributed by atoms with Crippen molar-refractivity contribution < 1.29 is 24.4 Å². The molecule has 2 aromatic rings. The number of aromatic carboxylic acids is 1. The van der Waals surface area contributed by atoms with Crippen molar-refractivity contribution in [3.63, 3.8) is 0 Å². The molecule has 1 heterocycles. The van der Waals surface area contributed by atoms with Crippen LogP contribution in [0.25, 0.3) is 0 Å². The van der Waals surface area contributed by atoms with Gasteiger partial charge in [0.25, 0.3) is 5.69 Å². The molecule has 1 fully saturated rings. The highest BCUT2D eigenvalue weighted by atomic mass is 16.6. The maximum atomic E-state index is 12.4. The minimum absolute atomic E-state index is 0.118. The normalized spacial score (nSPS) is 16.2. The fraction of sp³-hybridized carbons (Fsp3) is 0.417. The van der Waals surface area contributed by atoms with Crippen LogP contribution >= 0.6 is 0 Å². The van der Waals surface area contributed by atoms with Crippen LogP contribution < -0.4 is 5.32 Å². The summed E-state index contributed by atoms with van der Waals surface area (Å²) >= 11 is 0. The van der Waals surface area contributed by atoms with Crippen molar-refractivity contribution in [1.82, 2.24) is 4.90 Å². The van der Waals surface area contributed by atoms with Crippen molar-refractivity contribution in [2.75, 3.05) is 18.4 Å². The summed E-state index contributed by atoms with van der Waals surface area (Å²) in [7, 11) is 0. The predicted octanol–water partition coefficient (Wildman–Crippen LogP) is 5.02. The number of carbonyl (C=O) groups is 2. The van der Waals surface area contributed by atoms with E-state index in [0.717, 1.165) is 24.1 Å². The average Bonchev–Trinajstić information content (AvgIpc) is 2.76. The number of nitro groups is 1. The molecule has 0 aromatic heterocycles. The maximum absolute atomic E-state index is 12.4. The van der Waals surface area contributed by atoms with Gasteiger partial charge < -0.3 is 20.1 Å². The maximum Gasteiger partial charge on any atom is 0.410 e. The molecule has 2 N–H and O–H groups in total. The second-order valence-corrected chi connectivity index (χ2v) is 9.12.